The summed E-state index contributed by atoms with van der Waals surface area (Å²) in [5, 5.41) is 13.4. The van der Waals surface area contributed by atoms with Gasteiger partial charge in [0, 0.05) is 0 Å². The molecule has 31 heavy (non-hydrogen) atoms. The Morgan fingerprint density at radius 3 is 2.87 bits per heavy atom. The third kappa shape index (κ3) is 4.16. The van der Waals surface area contributed by atoms with E-state index in [4.69, 9.17) is 4.42 Å². The molecule has 3 aromatic heterocycles. The third-order valence-electron chi connectivity index (χ3n) is 6.39. The lowest BCUT2D eigenvalue weighted by Crippen LogP contribution is -3.13. The van der Waals surface area contributed by atoms with Crippen molar-refractivity contribution < 1.29 is 9.32 Å². The highest BCUT2D eigenvalue weighted by atomic mass is 16.3. The van der Waals surface area contributed by atoms with Crippen molar-refractivity contribution in [1.82, 2.24) is 25.2 Å². The van der Waals surface area contributed by atoms with Crippen LogP contribution in [-0.4, -0.2) is 31.2 Å². The van der Waals surface area contributed by atoms with Crippen LogP contribution in [0.5, 0.6) is 0 Å². The highest BCUT2D eigenvalue weighted by Gasteiger charge is 2.29. The first-order chi connectivity index (χ1) is 15.2. The molecule has 1 aliphatic rings. The van der Waals surface area contributed by atoms with Crippen LogP contribution in [0.3, 0.4) is 0 Å². The molecule has 1 aromatic carbocycles. The topological polar surface area (TPSA) is 94.0 Å². The minimum Gasteiger partial charge on any atom is -0.467 e. The third-order valence-corrected chi connectivity index (χ3v) is 6.39. The van der Waals surface area contributed by atoms with E-state index in [9.17, 15) is 4.79 Å². The normalized spacial score (nSPS) is 15.6. The lowest BCUT2D eigenvalue weighted by atomic mass is 10.1. The second-order valence-electron chi connectivity index (χ2n) is 8.49. The van der Waals surface area contributed by atoms with Gasteiger partial charge in [0.25, 0.3) is 5.56 Å². The second-order valence-corrected chi connectivity index (χ2v) is 8.49. The van der Waals surface area contributed by atoms with Crippen molar-refractivity contribution in [3.63, 3.8) is 0 Å². The summed E-state index contributed by atoms with van der Waals surface area (Å²) >= 11 is 0. The summed E-state index contributed by atoms with van der Waals surface area (Å²) in [4.78, 5) is 17.3. The number of furan rings is 1. The van der Waals surface area contributed by atoms with Crippen molar-refractivity contribution >= 4 is 10.9 Å². The fourth-order valence-electron chi connectivity index (χ4n) is 4.72. The first-order valence-corrected chi connectivity index (χ1v) is 10.9. The standard InChI is InChI=1S/C23H26N6O2/c1-16-6-4-7-17-12-18(23(30)24-22(16)17)13-28(19-8-2-3-9-19)15-21-25-26-27-29(21)14-20-10-5-11-31-20/h4-7,10-12,19H,2-3,8-9,13-15H2,1H3,(H,24,30)/p+1. The highest BCUT2D eigenvalue weighted by Crippen LogP contribution is 2.17. The average Bonchev–Trinajstić information content (AvgIpc) is 3.53. The molecule has 2 N–H and O–H groups in total. The first-order valence-electron chi connectivity index (χ1n) is 10.9. The predicted octanol–water partition coefficient (Wildman–Crippen LogP) is 1.99. The van der Waals surface area contributed by atoms with E-state index in [0.29, 0.717) is 25.7 Å². The molecule has 1 unspecified atom stereocenters. The van der Waals surface area contributed by atoms with Crippen molar-refractivity contribution in [3.8, 4) is 0 Å². The van der Waals surface area contributed by atoms with Crippen LogP contribution in [0.2, 0.25) is 0 Å². The van der Waals surface area contributed by atoms with Crippen LogP contribution < -0.4 is 10.5 Å². The number of rotatable bonds is 7. The molecule has 1 saturated carbocycles. The number of aromatic amines is 1. The van der Waals surface area contributed by atoms with Gasteiger partial charge >= 0.3 is 0 Å². The zero-order valence-electron chi connectivity index (χ0n) is 17.7. The number of hydrogen-bond donors (Lipinski definition) is 2. The largest absolute Gasteiger partial charge is 0.467 e. The van der Waals surface area contributed by atoms with Crippen LogP contribution in [0.1, 0.15) is 48.4 Å². The number of nitrogens with one attached hydrogen (secondary N) is 2. The Hall–Kier alpha value is -3.26. The van der Waals surface area contributed by atoms with E-state index in [0.717, 1.165) is 33.6 Å². The van der Waals surface area contributed by atoms with Crippen LogP contribution >= 0.6 is 0 Å². The van der Waals surface area contributed by atoms with Gasteiger partial charge in [-0.15, -0.1) is 5.10 Å². The average molecular weight is 420 g/mol. The summed E-state index contributed by atoms with van der Waals surface area (Å²) in [6, 6.07) is 12.4. The van der Waals surface area contributed by atoms with Gasteiger partial charge in [-0.3, -0.25) is 4.79 Å². The van der Waals surface area contributed by atoms with Gasteiger partial charge in [0.2, 0.25) is 5.82 Å². The summed E-state index contributed by atoms with van der Waals surface area (Å²) in [5.74, 6) is 1.63. The van der Waals surface area contributed by atoms with Crippen LogP contribution in [0.15, 0.2) is 51.9 Å². The molecule has 0 aliphatic heterocycles. The van der Waals surface area contributed by atoms with Gasteiger partial charge in [0.05, 0.1) is 23.4 Å². The smallest absolute Gasteiger partial charge is 0.257 e. The van der Waals surface area contributed by atoms with Gasteiger partial charge in [0.1, 0.15) is 25.4 Å². The predicted molar refractivity (Wildman–Crippen MR) is 116 cm³/mol. The van der Waals surface area contributed by atoms with Gasteiger partial charge in [0.15, 0.2) is 0 Å². The molecule has 160 valence electrons. The van der Waals surface area contributed by atoms with Crippen LogP contribution in [0, 0.1) is 6.92 Å². The summed E-state index contributed by atoms with van der Waals surface area (Å²) in [7, 11) is 0. The minimum absolute atomic E-state index is 0.00697. The molecule has 0 spiro atoms. The minimum atomic E-state index is -0.00697. The lowest BCUT2D eigenvalue weighted by molar-refractivity contribution is -0.952. The number of aryl methyl sites for hydroxylation is 1. The highest BCUT2D eigenvalue weighted by molar-refractivity contribution is 5.81. The molecule has 1 fully saturated rings. The Bertz CT molecular complexity index is 1220. The van der Waals surface area contributed by atoms with Crippen LogP contribution in [-0.2, 0) is 19.6 Å². The van der Waals surface area contributed by atoms with Gasteiger partial charge in [-0.2, -0.15) is 0 Å². The van der Waals surface area contributed by atoms with Crippen molar-refractivity contribution in [1.29, 1.82) is 0 Å². The number of hydrogen-bond acceptors (Lipinski definition) is 5. The number of para-hydroxylation sites is 1. The summed E-state index contributed by atoms with van der Waals surface area (Å²) in [6.07, 6.45) is 6.46. The number of benzene rings is 1. The first kappa shape index (κ1) is 19.7. The van der Waals surface area contributed by atoms with Crippen molar-refractivity contribution in [2.75, 3.05) is 0 Å². The molecule has 1 aliphatic carbocycles. The van der Waals surface area contributed by atoms with E-state index in [1.54, 1.807) is 10.9 Å². The van der Waals surface area contributed by atoms with E-state index < -0.39 is 0 Å². The summed E-state index contributed by atoms with van der Waals surface area (Å²) in [6.45, 7) is 3.84. The fraction of sp³-hybridized carbons (Fsp3) is 0.391. The maximum absolute atomic E-state index is 12.9. The van der Waals surface area contributed by atoms with Crippen LogP contribution in [0.25, 0.3) is 10.9 Å². The molecular formula is C23H27N6O2+. The molecule has 4 aromatic rings. The quantitative estimate of drug-likeness (QED) is 0.478. The monoisotopic (exact) mass is 419 g/mol. The zero-order chi connectivity index (χ0) is 21.2. The molecule has 8 heteroatoms. The fourth-order valence-corrected chi connectivity index (χ4v) is 4.72. The summed E-state index contributed by atoms with van der Waals surface area (Å²) < 4.78 is 7.25. The number of H-pyrrole nitrogens is 1. The summed E-state index contributed by atoms with van der Waals surface area (Å²) in [5.41, 5.74) is 2.80. The van der Waals surface area contributed by atoms with Crippen molar-refractivity contribution in [2.24, 2.45) is 0 Å². The van der Waals surface area contributed by atoms with E-state index in [1.807, 2.05) is 37.3 Å². The van der Waals surface area contributed by atoms with Gasteiger partial charge < -0.3 is 14.3 Å². The molecule has 5 rings (SSSR count). The maximum Gasteiger partial charge on any atom is 0.257 e. The molecule has 0 radical (unpaired) electrons. The van der Waals surface area contributed by atoms with E-state index >= 15 is 0 Å². The number of tetrazole rings is 1. The Kier molecular flexibility index (Phi) is 5.38. The van der Waals surface area contributed by atoms with E-state index in [1.165, 1.54) is 30.6 Å². The number of aromatic nitrogens is 5. The molecule has 1 atom stereocenters. The molecule has 0 bridgehead atoms. The molecule has 8 nitrogen and oxygen atoms in total. The Balaban J connectivity index is 1.43. The molecular weight excluding hydrogens is 392 g/mol. The van der Waals surface area contributed by atoms with Crippen LogP contribution in [0.4, 0.5) is 0 Å². The van der Waals surface area contributed by atoms with Crippen molar-refractivity contribution in [2.45, 2.75) is 58.3 Å². The maximum atomic E-state index is 12.9. The Morgan fingerprint density at radius 1 is 1.19 bits per heavy atom. The molecule has 0 amide bonds. The number of quaternary nitrogens is 1. The number of pyridine rings is 1. The lowest BCUT2D eigenvalue weighted by Gasteiger charge is -2.25. The Labute approximate surface area is 179 Å². The number of nitrogens with zero attached hydrogens (tertiary/aromatic N) is 4. The number of fused-ring (bicyclic) bond motifs is 1. The molecule has 3 heterocycles. The van der Waals surface area contributed by atoms with Gasteiger partial charge in [-0.25, -0.2) is 4.68 Å². The Morgan fingerprint density at radius 2 is 2.06 bits per heavy atom. The zero-order valence-corrected chi connectivity index (χ0v) is 17.7. The van der Waals surface area contributed by atoms with E-state index in [2.05, 4.69) is 26.6 Å². The van der Waals surface area contributed by atoms with Gasteiger partial charge in [-0.1, -0.05) is 18.2 Å². The van der Waals surface area contributed by atoms with Gasteiger partial charge in [-0.05, 0) is 72.2 Å². The van der Waals surface area contributed by atoms with E-state index in [-0.39, 0.29) is 5.56 Å². The molecule has 0 saturated heterocycles. The SMILES string of the molecule is Cc1cccc2cc(C[NH+](Cc3nnnn3Cc3ccco3)C3CCCC3)c(=O)[nH]c12. The van der Waals surface area contributed by atoms with Crippen molar-refractivity contribution in [3.05, 3.63) is 75.7 Å². The second kappa shape index (κ2) is 8.47.